The van der Waals surface area contributed by atoms with Gasteiger partial charge >= 0.3 is 0 Å². The van der Waals surface area contributed by atoms with Crippen molar-refractivity contribution in [2.75, 3.05) is 39.5 Å². The van der Waals surface area contributed by atoms with Crippen molar-refractivity contribution in [3.05, 3.63) is 54.4 Å². The highest BCUT2D eigenvalue weighted by Gasteiger charge is 2.34. The molecule has 7 heteroatoms. The van der Waals surface area contributed by atoms with Crippen LogP contribution < -0.4 is 15.4 Å². The number of hydrogen-bond donors (Lipinski definition) is 2. The van der Waals surface area contributed by atoms with Gasteiger partial charge in [-0.05, 0) is 56.5 Å². The summed E-state index contributed by atoms with van der Waals surface area (Å²) in [5.41, 5.74) is 1.32. The fourth-order valence-electron chi connectivity index (χ4n) is 3.77. The first-order valence-electron chi connectivity index (χ1n) is 10.7. The van der Waals surface area contributed by atoms with E-state index in [0.717, 1.165) is 63.9 Å². The van der Waals surface area contributed by atoms with Crippen molar-refractivity contribution in [3.63, 3.8) is 0 Å². The van der Waals surface area contributed by atoms with Crippen molar-refractivity contribution < 1.29 is 9.47 Å². The average Bonchev–Trinajstić information content (AvgIpc) is 3.27. The Labute approximate surface area is 197 Å². The Bertz CT molecular complexity index is 741. The molecular weight excluding hydrogens is 491 g/mol. The van der Waals surface area contributed by atoms with Gasteiger partial charge in [-0.15, -0.1) is 24.0 Å². The molecule has 0 bridgehead atoms. The lowest BCUT2D eigenvalue weighted by Gasteiger charge is -2.36. The summed E-state index contributed by atoms with van der Waals surface area (Å²) < 4.78 is 13.4. The standard InChI is InChI=1S/C23H34N4O2.HI/c1-3-24-22(25-13-16-27-14-5-6-15-27)26-19-23(11-17-28-18-12-23)20-7-9-21(10-8-20)29-4-2;/h5-10,14-15H,3-4,11-13,16-19H2,1-2H3,(H2,24,25,26);1H. The Kier molecular flexibility index (Phi) is 10.5. The molecule has 1 saturated heterocycles. The van der Waals surface area contributed by atoms with E-state index in [2.05, 4.69) is 58.8 Å². The first-order chi connectivity index (χ1) is 14.3. The van der Waals surface area contributed by atoms with E-state index in [4.69, 9.17) is 14.5 Å². The minimum Gasteiger partial charge on any atom is -0.494 e. The number of nitrogens with one attached hydrogen (secondary N) is 2. The van der Waals surface area contributed by atoms with Gasteiger partial charge in [-0.3, -0.25) is 4.99 Å². The summed E-state index contributed by atoms with van der Waals surface area (Å²) in [4.78, 5) is 4.96. The lowest BCUT2D eigenvalue weighted by Crippen LogP contribution is -2.42. The van der Waals surface area contributed by atoms with Gasteiger partial charge < -0.3 is 24.7 Å². The summed E-state index contributed by atoms with van der Waals surface area (Å²) in [7, 11) is 0. The van der Waals surface area contributed by atoms with Crippen LogP contribution in [-0.2, 0) is 16.7 Å². The normalized spacial score (nSPS) is 15.9. The van der Waals surface area contributed by atoms with Crippen LogP contribution in [0.5, 0.6) is 5.75 Å². The number of nitrogens with zero attached hydrogens (tertiary/aromatic N) is 2. The van der Waals surface area contributed by atoms with Crippen LogP contribution in [-0.4, -0.2) is 50.0 Å². The molecule has 1 aromatic carbocycles. The van der Waals surface area contributed by atoms with E-state index in [1.165, 1.54) is 5.56 Å². The van der Waals surface area contributed by atoms with E-state index in [1.54, 1.807) is 0 Å². The molecule has 1 aliphatic heterocycles. The predicted octanol–water partition coefficient (Wildman–Crippen LogP) is 3.81. The Morgan fingerprint density at radius 1 is 1.10 bits per heavy atom. The second-order valence-electron chi connectivity index (χ2n) is 7.39. The van der Waals surface area contributed by atoms with Gasteiger partial charge in [0, 0.05) is 50.7 Å². The van der Waals surface area contributed by atoms with Crippen LogP contribution in [0.1, 0.15) is 32.3 Å². The number of aliphatic imine (C=N–C) groups is 1. The van der Waals surface area contributed by atoms with E-state index in [9.17, 15) is 0 Å². The fourth-order valence-corrected chi connectivity index (χ4v) is 3.77. The highest BCUT2D eigenvalue weighted by molar-refractivity contribution is 14.0. The first kappa shape index (κ1) is 24.5. The summed E-state index contributed by atoms with van der Waals surface area (Å²) in [5.74, 6) is 1.79. The molecule has 30 heavy (non-hydrogen) atoms. The van der Waals surface area contributed by atoms with Crippen molar-refractivity contribution in [1.82, 2.24) is 15.2 Å². The molecule has 0 spiro atoms. The Balaban J connectivity index is 0.00000320. The monoisotopic (exact) mass is 526 g/mol. The van der Waals surface area contributed by atoms with Gasteiger partial charge in [-0.1, -0.05) is 12.1 Å². The lowest BCUT2D eigenvalue weighted by molar-refractivity contribution is 0.0531. The van der Waals surface area contributed by atoms with E-state index in [0.29, 0.717) is 6.61 Å². The van der Waals surface area contributed by atoms with Crippen LogP contribution in [0.15, 0.2) is 53.8 Å². The highest BCUT2D eigenvalue weighted by Crippen LogP contribution is 2.36. The maximum Gasteiger partial charge on any atom is 0.191 e. The zero-order valence-corrected chi connectivity index (χ0v) is 20.4. The molecular formula is C23H35IN4O2. The Morgan fingerprint density at radius 2 is 1.80 bits per heavy atom. The number of halogens is 1. The van der Waals surface area contributed by atoms with Crippen molar-refractivity contribution in [2.45, 2.75) is 38.6 Å². The smallest absolute Gasteiger partial charge is 0.191 e. The van der Waals surface area contributed by atoms with Crippen LogP contribution in [0.2, 0.25) is 0 Å². The molecule has 0 aliphatic carbocycles. The molecule has 1 aliphatic rings. The summed E-state index contributed by atoms with van der Waals surface area (Å²) in [6.45, 7) is 9.67. The largest absolute Gasteiger partial charge is 0.494 e. The lowest BCUT2D eigenvalue weighted by atomic mass is 9.74. The average molecular weight is 526 g/mol. The van der Waals surface area contributed by atoms with Gasteiger partial charge in [0.05, 0.1) is 13.2 Å². The first-order valence-corrected chi connectivity index (χ1v) is 10.7. The van der Waals surface area contributed by atoms with Crippen LogP contribution in [0.4, 0.5) is 0 Å². The maximum atomic E-state index is 5.66. The zero-order chi connectivity index (χ0) is 20.4. The number of aromatic nitrogens is 1. The summed E-state index contributed by atoms with van der Waals surface area (Å²) in [6, 6.07) is 12.6. The van der Waals surface area contributed by atoms with Crippen LogP contribution in [0.25, 0.3) is 0 Å². The molecule has 0 saturated carbocycles. The van der Waals surface area contributed by atoms with Gasteiger partial charge in [0.2, 0.25) is 0 Å². The quantitative estimate of drug-likeness (QED) is 0.297. The molecule has 6 nitrogen and oxygen atoms in total. The van der Waals surface area contributed by atoms with Crippen molar-refractivity contribution >= 4 is 29.9 Å². The van der Waals surface area contributed by atoms with E-state index in [1.807, 2.05) is 19.1 Å². The molecule has 0 radical (unpaired) electrons. The summed E-state index contributed by atoms with van der Waals surface area (Å²) in [6.07, 6.45) is 6.11. The van der Waals surface area contributed by atoms with Crippen LogP contribution in [0.3, 0.4) is 0 Å². The minimum absolute atomic E-state index is 0. The SMILES string of the molecule is CCNC(=NCC1(c2ccc(OCC)cc2)CCOCC1)NCCn1cccc1.I. The third-order valence-corrected chi connectivity index (χ3v) is 5.44. The fraction of sp³-hybridized carbons (Fsp3) is 0.522. The Morgan fingerprint density at radius 3 is 2.43 bits per heavy atom. The van der Waals surface area contributed by atoms with Gasteiger partial charge in [-0.25, -0.2) is 0 Å². The number of benzene rings is 1. The minimum atomic E-state index is 0. The molecule has 2 heterocycles. The number of rotatable bonds is 9. The van der Waals surface area contributed by atoms with E-state index < -0.39 is 0 Å². The topological polar surface area (TPSA) is 59.8 Å². The predicted molar refractivity (Wildman–Crippen MR) is 133 cm³/mol. The molecule has 2 N–H and O–H groups in total. The van der Waals surface area contributed by atoms with Crippen molar-refractivity contribution in [3.8, 4) is 5.75 Å². The molecule has 2 aromatic rings. The van der Waals surface area contributed by atoms with Crippen molar-refractivity contribution in [1.29, 1.82) is 0 Å². The summed E-state index contributed by atoms with van der Waals surface area (Å²) >= 11 is 0. The molecule has 1 fully saturated rings. The van der Waals surface area contributed by atoms with Crippen LogP contribution in [0, 0.1) is 0 Å². The van der Waals surface area contributed by atoms with Gasteiger partial charge in [-0.2, -0.15) is 0 Å². The maximum absolute atomic E-state index is 5.66. The van der Waals surface area contributed by atoms with Gasteiger partial charge in [0.15, 0.2) is 5.96 Å². The number of ether oxygens (including phenoxy) is 2. The molecule has 3 rings (SSSR count). The van der Waals surface area contributed by atoms with E-state index >= 15 is 0 Å². The zero-order valence-electron chi connectivity index (χ0n) is 18.1. The second-order valence-corrected chi connectivity index (χ2v) is 7.39. The molecule has 166 valence electrons. The molecule has 1 aromatic heterocycles. The van der Waals surface area contributed by atoms with Crippen molar-refractivity contribution in [2.24, 2.45) is 4.99 Å². The third kappa shape index (κ3) is 6.91. The highest BCUT2D eigenvalue weighted by atomic mass is 127. The summed E-state index contributed by atoms with van der Waals surface area (Å²) in [5, 5.41) is 6.84. The number of hydrogen-bond acceptors (Lipinski definition) is 3. The molecule has 0 amide bonds. The second kappa shape index (κ2) is 12.8. The molecule has 0 unspecified atom stereocenters. The van der Waals surface area contributed by atoms with Crippen LogP contribution >= 0.6 is 24.0 Å². The van der Waals surface area contributed by atoms with E-state index in [-0.39, 0.29) is 29.4 Å². The number of guanidine groups is 1. The van der Waals surface area contributed by atoms with Gasteiger partial charge in [0.1, 0.15) is 5.75 Å². The third-order valence-electron chi connectivity index (χ3n) is 5.44. The molecule has 0 atom stereocenters. The Hall–Kier alpha value is -1.74. The van der Waals surface area contributed by atoms with Gasteiger partial charge in [0.25, 0.3) is 0 Å².